The van der Waals surface area contributed by atoms with Crippen molar-refractivity contribution in [2.75, 3.05) is 31.6 Å². The van der Waals surface area contributed by atoms with Crippen molar-refractivity contribution in [2.24, 2.45) is 5.14 Å². The maximum Gasteiger partial charge on any atom is 0.293 e. The van der Waals surface area contributed by atoms with Gasteiger partial charge in [-0.1, -0.05) is 0 Å². The highest BCUT2D eigenvalue weighted by Crippen LogP contribution is 2.30. The molecule has 1 fully saturated rings. The minimum Gasteiger partial charge on any atom is -0.379 e. The highest BCUT2D eigenvalue weighted by molar-refractivity contribution is 7.91. The molecule has 0 atom stereocenters. The molecule has 2 heterocycles. The Morgan fingerprint density at radius 1 is 1.17 bits per heavy atom. The van der Waals surface area contributed by atoms with Crippen molar-refractivity contribution in [1.82, 2.24) is 4.31 Å². The number of nitrogens with one attached hydrogen (secondary N) is 1. The van der Waals surface area contributed by atoms with E-state index in [1.165, 1.54) is 22.5 Å². The molecule has 0 saturated carbocycles. The number of thiophene rings is 1. The lowest BCUT2D eigenvalue weighted by molar-refractivity contribution is -0.384. The van der Waals surface area contributed by atoms with E-state index in [1.807, 2.05) is 0 Å². The number of nitro benzene ring substituents is 1. The smallest absolute Gasteiger partial charge is 0.293 e. The summed E-state index contributed by atoms with van der Waals surface area (Å²) in [5.74, 6) is 0. The van der Waals surface area contributed by atoms with Crippen molar-refractivity contribution in [1.29, 1.82) is 0 Å². The Morgan fingerprint density at radius 2 is 1.86 bits per heavy atom. The minimum atomic E-state index is -3.87. The Hall–Kier alpha value is -2.10. The number of primary sulfonamides is 1. The van der Waals surface area contributed by atoms with E-state index >= 15 is 0 Å². The van der Waals surface area contributed by atoms with Gasteiger partial charge in [-0.2, -0.15) is 4.31 Å². The summed E-state index contributed by atoms with van der Waals surface area (Å²) in [6.07, 6.45) is 0. The lowest BCUT2D eigenvalue weighted by Gasteiger charge is -2.26. The van der Waals surface area contributed by atoms with E-state index in [2.05, 4.69) is 5.32 Å². The predicted octanol–water partition coefficient (Wildman–Crippen LogP) is 0.937. The standard InChI is InChI=1S/C15H18N4O7S3/c16-28(22,23)15-4-1-11(27-15)10-17-13-3-2-12(9-14(13)19(20)21)29(24,25)18-5-7-26-8-6-18/h1-4,9,17H,5-8,10H2,(H2,16,22,23). The molecule has 1 aliphatic heterocycles. The van der Waals surface area contributed by atoms with Crippen molar-refractivity contribution in [3.63, 3.8) is 0 Å². The number of hydrogen-bond donors (Lipinski definition) is 2. The van der Waals surface area contributed by atoms with Crippen molar-refractivity contribution < 1.29 is 26.5 Å². The first-order valence-corrected chi connectivity index (χ1v) is 12.1. The molecule has 11 nitrogen and oxygen atoms in total. The summed E-state index contributed by atoms with van der Waals surface area (Å²) in [6, 6.07) is 6.52. The second-order valence-electron chi connectivity index (χ2n) is 6.07. The first kappa shape index (κ1) is 21.6. The molecular weight excluding hydrogens is 444 g/mol. The zero-order valence-electron chi connectivity index (χ0n) is 15.0. The third-order valence-corrected chi connectivity index (χ3v) is 8.56. The highest BCUT2D eigenvalue weighted by atomic mass is 32.2. The summed E-state index contributed by atoms with van der Waals surface area (Å²) < 4.78 is 54.4. The van der Waals surface area contributed by atoms with Crippen LogP contribution < -0.4 is 10.5 Å². The normalized spacial score (nSPS) is 15.9. The number of hydrogen-bond acceptors (Lipinski definition) is 9. The molecule has 1 aromatic carbocycles. The maximum atomic E-state index is 12.7. The first-order valence-electron chi connectivity index (χ1n) is 8.31. The Labute approximate surface area is 171 Å². The zero-order chi connectivity index (χ0) is 21.2. The van der Waals surface area contributed by atoms with Gasteiger partial charge in [-0.25, -0.2) is 22.0 Å². The topological polar surface area (TPSA) is 162 Å². The maximum absolute atomic E-state index is 12.7. The van der Waals surface area contributed by atoms with Gasteiger partial charge in [0, 0.05) is 30.6 Å². The molecule has 158 valence electrons. The largest absolute Gasteiger partial charge is 0.379 e. The molecule has 0 unspecified atom stereocenters. The average molecular weight is 463 g/mol. The van der Waals surface area contributed by atoms with Gasteiger partial charge in [0.1, 0.15) is 9.90 Å². The van der Waals surface area contributed by atoms with Crippen LogP contribution in [0.5, 0.6) is 0 Å². The van der Waals surface area contributed by atoms with Gasteiger partial charge in [-0.3, -0.25) is 10.1 Å². The van der Waals surface area contributed by atoms with Gasteiger partial charge < -0.3 is 10.1 Å². The molecule has 1 aliphatic rings. The van der Waals surface area contributed by atoms with Crippen LogP contribution in [0.2, 0.25) is 0 Å². The summed E-state index contributed by atoms with van der Waals surface area (Å²) in [6.45, 7) is 1.00. The van der Waals surface area contributed by atoms with Gasteiger partial charge in [-0.15, -0.1) is 11.3 Å². The van der Waals surface area contributed by atoms with Crippen LogP contribution in [0.3, 0.4) is 0 Å². The van der Waals surface area contributed by atoms with E-state index in [0.29, 0.717) is 4.88 Å². The van der Waals surface area contributed by atoms with Crippen molar-refractivity contribution in [2.45, 2.75) is 15.6 Å². The summed E-state index contributed by atoms with van der Waals surface area (Å²) in [7, 11) is -7.69. The van der Waals surface area contributed by atoms with Gasteiger partial charge in [0.15, 0.2) is 0 Å². The molecule has 1 aromatic heterocycles. The Kier molecular flexibility index (Phi) is 6.21. The van der Waals surface area contributed by atoms with Gasteiger partial charge in [0.25, 0.3) is 5.69 Å². The molecule has 2 aromatic rings. The second-order valence-corrected chi connectivity index (χ2v) is 11.0. The van der Waals surface area contributed by atoms with Gasteiger partial charge in [-0.05, 0) is 24.3 Å². The van der Waals surface area contributed by atoms with E-state index in [-0.39, 0.29) is 47.6 Å². The number of nitro groups is 1. The Balaban J connectivity index is 1.83. The van der Waals surface area contributed by atoms with Crippen LogP contribution >= 0.6 is 11.3 Å². The fourth-order valence-electron chi connectivity index (χ4n) is 2.70. The number of morpholine rings is 1. The molecule has 0 spiro atoms. The summed E-state index contributed by atoms with van der Waals surface area (Å²) in [4.78, 5) is 11.2. The molecule has 0 amide bonds. The second kappa shape index (κ2) is 8.33. The highest BCUT2D eigenvalue weighted by Gasteiger charge is 2.28. The molecular formula is C15H18N4O7S3. The number of anilines is 1. The number of sulfonamides is 2. The van der Waals surface area contributed by atoms with E-state index in [0.717, 1.165) is 17.4 Å². The third kappa shape index (κ3) is 4.91. The number of nitrogens with two attached hydrogens (primary N) is 1. The zero-order valence-corrected chi connectivity index (χ0v) is 17.4. The Morgan fingerprint density at radius 3 is 2.45 bits per heavy atom. The third-order valence-electron chi connectivity index (χ3n) is 4.14. The molecule has 0 aliphatic carbocycles. The average Bonchev–Trinajstić information content (AvgIpc) is 3.16. The molecule has 3 rings (SSSR count). The lowest BCUT2D eigenvalue weighted by Crippen LogP contribution is -2.40. The van der Waals surface area contributed by atoms with Crippen LogP contribution in [0.4, 0.5) is 11.4 Å². The van der Waals surface area contributed by atoms with Crippen LogP contribution in [0.1, 0.15) is 4.88 Å². The molecule has 1 saturated heterocycles. The SMILES string of the molecule is NS(=O)(=O)c1ccc(CNc2ccc(S(=O)(=O)N3CCOCC3)cc2[N+](=O)[O-])s1. The van der Waals surface area contributed by atoms with Gasteiger partial charge >= 0.3 is 0 Å². The molecule has 0 bridgehead atoms. The summed E-state index contributed by atoms with van der Waals surface area (Å²) in [5.41, 5.74) is -0.288. The first-order chi connectivity index (χ1) is 13.6. The van der Waals surface area contributed by atoms with Crippen LogP contribution in [-0.2, 0) is 31.3 Å². The summed E-state index contributed by atoms with van der Waals surface area (Å²) in [5, 5.41) is 19.4. The number of rotatable bonds is 7. The monoisotopic (exact) mass is 462 g/mol. The molecule has 14 heteroatoms. The van der Waals surface area contributed by atoms with E-state index < -0.39 is 30.7 Å². The predicted molar refractivity (Wildman–Crippen MR) is 106 cm³/mol. The van der Waals surface area contributed by atoms with E-state index in [4.69, 9.17) is 9.88 Å². The quantitative estimate of drug-likeness (QED) is 0.454. The van der Waals surface area contributed by atoms with Crippen molar-refractivity contribution in [3.8, 4) is 0 Å². The lowest BCUT2D eigenvalue weighted by atomic mass is 10.2. The number of nitrogens with zero attached hydrogens (tertiary/aromatic N) is 2. The van der Waals surface area contributed by atoms with Crippen LogP contribution in [0.15, 0.2) is 39.4 Å². The fraction of sp³-hybridized carbons (Fsp3) is 0.333. The van der Waals surface area contributed by atoms with E-state index in [9.17, 15) is 26.9 Å². The van der Waals surface area contributed by atoms with Gasteiger partial charge in [0.2, 0.25) is 20.0 Å². The van der Waals surface area contributed by atoms with Crippen LogP contribution in [0, 0.1) is 10.1 Å². The van der Waals surface area contributed by atoms with Crippen molar-refractivity contribution in [3.05, 3.63) is 45.3 Å². The molecule has 29 heavy (non-hydrogen) atoms. The number of benzene rings is 1. The summed E-state index contributed by atoms with van der Waals surface area (Å²) >= 11 is 0.940. The number of ether oxygens (including phenoxy) is 1. The van der Waals surface area contributed by atoms with Gasteiger partial charge in [0.05, 0.1) is 23.0 Å². The van der Waals surface area contributed by atoms with Crippen LogP contribution in [-0.4, -0.2) is 52.4 Å². The molecule has 0 radical (unpaired) electrons. The van der Waals surface area contributed by atoms with Crippen molar-refractivity contribution >= 4 is 42.8 Å². The van der Waals surface area contributed by atoms with Crippen LogP contribution in [0.25, 0.3) is 0 Å². The minimum absolute atomic E-state index is 0.0178. The fourth-order valence-corrected chi connectivity index (χ4v) is 5.84. The Bertz CT molecular complexity index is 1120. The van der Waals surface area contributed by atoms with E-state index in [1.54, 1.807) is 6.07 Å². The molecule has 3 N–H and O–H groups in total.